The van der Waals surface area contributed by atoms with Crippen LogP contribution < -0.4 is 5.56 Å². The van der Waals surface area contributed by atoms with Crippen LogP contribution in [0.2, 0.25) is 0 Å². The molecule has 25 heavy (non-hydrogen) atoms. The van der Waals surface area contributed by atoms with Crippen LogP contribution in [-0.4, -0.2) is 35.0 Å². The average molecular weight is 377 g/mol. The second kappa shape index (κ2) is 7.07. The topological polar surface area (TPSA) is 75.3 Å². The third-order valence-electron chi connectivity index (χ3n) is 4.02. The van der Waals surface area contributed by atoms with E-state index in [4.69, 9.17) is 4.74 Å². The van der Waals surface area contributed by atoms with Gasteiger partial charge in [0.25, 0.3) is 5.56 Å². The number of H-pyrrole nitrogens is 1. The molecule has 0 fully saturated rings. The van der Waals surface area contributed by atoms with Gasteiger partial charge in [-0.15, -0.1) is 22.7 Å². The smallest absolute Gasteiger partial charge is 0.348 e. The predicted octanol–water partition coefficient (Wildman–Crippen LogP) is 3.08. The summed E-state index contributed by atoms with van der Waals surface area (Å²) < 4.78 is 4.78. The first-order chi connectivity index (χ1) is 11.9. The molecule has 0 atom stereocenters. The Balaban J connectivity index is 1.89. The van der Waals surface area contributed by atoms with Crippen molar-refractivity contribution in [1.82, 2.24) is 14.9 Å². The molecule has 3 rings (SSSR count). The van der Waals surface area contributed by atoms with Crippen molar-refractivity contribution in [3.05, 3.63) is 48.5 Å². The molecule has 8 heteroatoms. The lowest BCUT2D eigenvalue weighted by molar-refractivity contribution is 0.0605. The number of carbonyl (C=O) groups is 1. The molecule has 3 aromatic heterocycles. The van der Waals surface area contributed by atoms with Crippen molar-refractivity contribution in [2.75, 3.05) is 14.2 Å². The molecule has 0 unspecified atom stereocenters. The maximum atomic E-state index is 12.4. The fourth-order valence-electron chi connectivity index (χ4n) is 2.67. The number of methoxy groups -OCH3 is 1. The van der Waals surface area contributed by atoms with Crippen molar-refractivity contribution < 1.29 is 9.53 Å². The molecule has 3 aromatic rings. The van der Waals surface area contributed by atoms with Gasteiger partial charge >= 0.3 is 5.97 Å². The molecule has 0 saturated carbocycles. The van der Waals surface area contributed by atoms with E-state index in [2.05, 4.69) is 33.2 Å². The summed E-state index contributed by atoms with van der Waals surface area (Å²) in [7, 11) is 3.32. The number of esters is 1. The van der Waals surface area contributed by atoms with E-state index < -0.39 is 5.97 Å². The summed E-state index contributed by atoms with van der Waals surface area (Å²) in [6.45, 7) is 5.15. The van der Waals surface area contributed by atoms with Gasteiger partial charge in [-0.2, -0.15) is 0 Å². The number of thiophene rings is 2. The first-order valence-electron chi connectivity index (χ1n) is 7.72. The van der Waals surface area contributed by atoms with Crippen LogP contribution in [0.25, 0.3) is 10.2 Å². The number of aromatic nitrogens is 2. The van der Waals surface area contributed by atoms with Gasteiger partial charge in [0.1, 0.15) is 15.5 Å². The van der Waals surface area contributed by atoms with Crippen molar-refractivity contribution in [2.24, 2.45) is 0 Å². The minimum atomic E-state index is -0.438. The number of aromatic amines is 1. The number of carbonyl (C=O) groups excluding carboxylic acids is 1. The molecule has 0 aliphatic carbocycles. The van der Waals surface area contributed by atoms with Crippen molar-refractivity contribution >= 4 is 38.9 Å². The van der Waals surface area contributed by atoms with E-state index in [9.17, 15) is 9.59 Å². The zero-order chi connectivity index (χ0) is 18.1. The molecule has 0 saturated heterocycles. The van der Waals surface area contributed by atoms with Crippen molar-refractivity contribution in [2.45, 2.75) is 26.9 Å². The Labute approximate surface area is 153 Å². The third-order valence-corrected chi connectivity index (χ3v) is 6.20. The maximum Gasteiger partial charge on any atom is 0.348 e. The zero-order valence-corrected chi connectivity index (χ0v) is 16.1. The van der Waals surface area contributed by atoms with Gasteiger partial charge in [0, 0.05) is 11.4 Å². The molecule has 0 aliphatic rings. The zero-order valence-electron chi connectivity index (χ0n) is 14.5. The minimum absolute atomic E-state index is 0.218. The lowest BCUT2D eigenvalue weighted by Gasteiger charge is -2.15. The molecule has 0 spiro atoms. The van der Waals surface area contributed by atoms with Gasteiger partial charge < -0.3 is 9.72 Å². The van der Waals surface area contributed by atoms with Gasteiger partial charge in [-0.1, -0.05) is 0 Å². The highest BCUT2D eigenvalue weighted by atomic mass is 32.1. The van der Waals surface area contributed by atoms with E-state index in [1.807, 2.05) is 7.05 Å². The van der Waals surface area contributed by atoms with E-state index in [1.54, 1.807) is 18.3 Å². The van der Waals surface area contributed by atoms with Gasteiger partial charge in [0.2, 0.25) is 0 Å². The number of fused-ring (bicyclic) bond motifs is 1. The normalized spacial score (nSPS) is 11.4. The largest absolute Gasteiger partial charge is 0.465 e. The summed E-state index contributed by atoms with van der Waals surface area (Å²) in [5.41, 5.74) is 1.67. The van der Waals surface area contributed by atoms with Gasteiger partial charge in [-0.05, 0) is 43.5 Å². The molecule has 132 valence electrons. The van der Waals surface area contributed by atoms with Crippen LogP contribution in [0.15, 0.2) is 16.2 Å². The summed E-state index contributed by atoms with van der Waals surface area (Å²) in [4.78, 5) is 36.0. The molecule has 1 N–H and O–H groups in total. The molecule has 0 bridgehead atoms. The fourth-order valence-corrected chi connectivity index (χ4v) is 4.78. The maximum absolute atomic E-state index is 12.4. The Morgan fingerprint density at radius 2 is 2.12 bits per heavy atom. The first kappa shape index (κ1) is 17.8. The van der Waals surface area contributed by atoms with Gasteiger partial charge in [0.15, 0.2) is 0 Å². The number of rotatable bonds is 5. The number of nitrogens with zero attached hydrogens (tertiary/aromatic N) is 2. The predicted molar refractivity (Wildman–Crippen MR) is 101 cm³/mol. The van der Waals surface area contributed by atoms with E-state index in [-0.39, 0.29) is 5.56 Å². The molecular formula is C17H19N3O3S2. The number of hydrogen-bond donors (Lipinski definition) is 1. The Morgan fingerprint density at radius 3 is 2.76 bits per heavy atom. The van der Waals surface area contributed by atoms with Crippen LogP contribution in [0.3, 0.4) is 0 Å². The first-order valence-corrected chi connectivity index (χ1v) is 9.42. The molecule has 0 aromatic carbocycles. The summed E-state index contributed by atoms with van der Waals surface area (Å²) in [6.07, 6.45) is 0. The minimum Gasteiger partial charge on any atom is -0.465 e. The Hall–Kier alpha value is -2.03. The number of ether oxygens (including phenoxy) is 1. The highest BCUT2D eigenvalue weighted by Crippen LogP contribution is 2.27. The molecule has 3 heterocycles. The number of aryl methyl sites for hydroxylation is 2. The Morgan fingerprint density at radius 1 is 1.36 bits per heavy atom. The second-order valence-electron chi connectivity index (χ2n) is 5.94. The van der Waals surface area contributed by atoms with Crippen molar-refractivity contribution in [1.29, 1.82) is 0 Å². The van der Waals surface area contributed by atoms with Crippen LogP contribution in [-0.2, 0) is 17.8 Å². The summed E-state index contributed by atoms with van der Waals surface area (Å²) >= 11 is 2.92. The highest BCUT2D eigenvalue weighted by Gasteiger charge is 2.20. The lowest BCUT2D eigenvalue weighted by Crippen LogP contribution is -2.21. The van der Waals surface area contributed by atoms with Gasteiger partial charge in [-0.25, -0.2) is 9.78 Å². The van der Waals surface area contributed by atoms with Crippen LogP contribution >= 0.6 is 22.7 Å². The van der Waals surface area contributed by atoms with Crippen LogP contribution in [0.5, 0.6) is 0 Å². The van der Waals surface area contributed by atoms with Crippen molar-refractivity contribution in [3.63, 3.8) is 0 Å². The molecule has 6 nitrogen and oxygen atoms in total. The molecule has 0 aliphatic heterocycles. The van der Waals surface area contributed by atoms with Crippen LogP contribution in [0, 0.1) is 13.8 Å². The van der Waals surface area contributed by atoms with E-state index in [0.29, 0.717) is 33.0 Å². The third kappa shape index (κ3) is 3.51. The summed E-state index contributed by atoms with van der Waals surface area (Å²) in [5, 5.41) is 2.54. The van der Waals surface area contributed by atoms with Gasteiger partial charge in [0.05, 0.1) is 19.0 Å². The average Bonchev–Trinajstić information content (AvgIpc) is 3.10. The molecule has 0 radical (unpaired) electrons. The highest BCUT2D eigenvalue weighted by molar-refractivity contribution is 7.20. The number of hydrogen-bond acceptors (Lipinski definition) is 7. The molecular weight excluding hydrogens is 358 g/mol. The van der Waals surface area contributed by atoms with E-state index in [1.165, 1.54) is 28.9 Å². The second-order valence-corrected chi connectivity index (χ2v) is 7.94. The lowest BCUT2D eigenvalue weighted by atomic mass is 10.2. The fraction of sp³-hybridized carbons (Fsp3) is 0.353. The van der Waals surface area contributed by atoms with E-state index >= 15 is 0 Å². The SMILES string of the molecule is COC(=O)c1sc2nc(CN(C)Cc3sccc3C)[nH]c(=O)c2c1C. The quantitative estimate of drug-likeness (QED) is 0.692. The Kier molecular flexibility index (Phi) is 5.03. The standard InChI is InChI=1S/C17H19N3O3S2/c1-9-5-6-24-11(9)7-20(3)8-12-18-15(21)13-10(2)14(17(22)23-4)25-16(13)19-12/h5-6H,7-8H2,1-4H3,(H,18,19,21). The number of nitrogens with one attached hydrogen (secondary N) is 1. The monoisotopic (exact) mass is 377 g/mol. The summed E-state index contributed by atoms with van der Waals surface area (Å²) in [6, 6.07) is 2.10. The summed E-state index contributed by atoms with van der Waals surface area (Å²) in [5.74, 6) is 0.151. The van der Waals surface area contributed by atoms with Crippen LogP contribution in [0.4, 0.5) is 0 Å². The van der Waals surface area contributed by atoms with E-state index in [0.717, 1.165) is 6.54 Å². The van der Waals surface area contributed by atoms with Crippen LogP contribution in [0.1, 0.15) is 31.5 Å². The van der Waals surface area contributed by atoms with Gasteiger partial charge in [-0.3, -0.25) is 9.69 Å². The Bertz CT molecular complexity index is 987. The van der Waals surface area contributed by atoms with Crippen molar-refractivity contribution in [3.8, 4) is 0 Å². The molecule has 0 amide bonds.